The molecule has 2 atom stereocenters. The highest BCUT2D eigenvalue weighted by Crippen LogP contribution is 2.40. The molecular weight excluding hydrogens is 368 g/mol. The van der Waals surface area contributed by atoms with Gasteiger partial charge >= 0.3 is 0 Å². The highest BCUT2D eigenvalue weighted by atomic mass is 35.5. The molecule has 1 amide bonds. The molecule has 138 valence electrons. The fourth-order valence-electron chi connectivity index (χ4n) is 4.21. The molecule has 1 saturated heterocycles. The van der Waals surface area contributed by atoms with E-state index in [-0.39, 0.29) is 11.8 Å². The third-order valence-electron chi connectivity index (χ3n) is 5.77. The van der Waals surface area contributed by atoms with E-state index in [2.05, 4.69) is 4.98 Å². The molecular formula is C20H23ClN2O2S. The van der Waals surface area contributed by atoms with Crippen LogP contribution in [0.15, 0.2) is 29.6 Å². The normalized spacial score (nSPS) is 25.8. The van der Waals surface area contributed by atoms with E-state index in [1.165, 1.54) is 11.3 Å². The summed E-state index contributed by atoms with van der Waals surface area (Å²) in [5.74, 6) is 0.330. The average Bonchev–Trinajstić information content (AvgIpc) is 3.09. The van der Waals surface area contributed by atoms with Crippen molar-refractivity contribution in [3.8, 4) is 10.6 Å². The van der Waals surface area contributed by atoms with Crippen LogP contribution in [0.3, 0.4) is 0 Å². The van der Waals surface area contributed by atoms with E-state index in [1.54, 1.807) is 0 Å². The summed E-state index contributed by atoms with van der Waals surface area (Å²) in [5, 5.41) is 14.2. The standard InChI is InChI=1S/C20H23ClN2O2S/c21-17-7-2-1-6-16(17)19-22-15(13-26-19)11-18(24)23-10-9-20(25)8-4-3-5-14(20)12-23/h1-2,6-7,13-14,25H,3-5,8-12H2/t14-,20-/m0/s1. The fourth-order valence-corrected chi connectivity index (χ4v) is 5.35. The topological polar surface area (TPSA) is 53.4 Å². The predicted molar refractivity (Wildman–Crippen MR) is 104 cm³/mol. The highest BCUT2D eigenvalue weighted by Gasteiger charge is 2.43. The van der Waals surface area contributed by atoms with Crippen LogP contribution in [0.2, 0.25) is 5.02 Å². The number of aromatic nitrogens is 1. The summed E-state index contributed by atoms with van der Waals surface area (Å²) >= 11 is 7.76. The number of piperidine rings is 1. The Morgan fingerprint density at radius 1 is 1.35 bits per heavy atom. The van der Waals surface area contributed by atoms with Crippen molar-refractivity contribution in [2.45, 2.75) is 44.1 Å². The lowest BCUT2D eigenvalue weighted by Gasteiger charge is -2.47. The zero-order valence-electron chi connectivity index (χ0n) is 14.7. The molecule has 2 aromatic rings. The summed E-state index contributed by atoms with van der Waals surface area (Å²) in [6, 6.07) is 7.63. The van der Waals surface area contributed by atoms with Crippen LogP contribution in [0.25, 0.3) is 10.6 Å². The number of fused-ring (bicyclic) bond motifs is 1. The number of hydrogen-bond acceptors (Lipinski definition) is 4. The van der Waals surface area contributed by atoms with Gasteiger partial charge in [0.2, 0.25) is 5.91 Å². The number of hydrogen-bond donors (Lipinski definition) is 1. The summed E-state index contributed by atoms with van der Waals surface area (Å²) < 4.78 is 0. The van der Waals surface area contributed by atoms with Gasteiger partial charge in [0.05, 0.1) is 22.7 Å². The fraction of sp³-hybridized carbons (Fsp3) is 0.500. The predicted octanol–water partition coefficient (Wildman–Crippen LogP) is 4.16. The number of halogens is 1. The first-order valence-electron chi connectivity index (χ1n) is 9.25. The van der Waals surface area contributed by atoms with Crippen molar-refractivity contribution in [3.63, 3.8) is 0 Å². The minimum absolute atomic E-state index is 0.105. The van der Waals surface area contributed by atoms with Crippen molar-refractivity contribution in [1.82, 2.24) is 9.88 Å². The monoisotopic (exact) mass is 390 g/mol. The van der Waals surface area contributed by atoms with E-state index in [0.717, 1.165) is 41.9 Å². The van der Waals surface area contributed by atoms with E-state index in [9.17, 15) is 9.90 Å². The molecule has 1 N–H and O–H groups in total. The second kappa shape index (κ2) is 7.29. The lowest BCUT2D eigenvalue weighted by atomic mass is 9.71. The van der Waals surface area contributed by atoms with Gasteiger partial charge in [0.1, 0.15) is 5.01 Å². The minimum atomic E-state index is -0.549. The van der Waals surface area contributed by atoms with E-state index in [4.69, 9.17) is 11.6 Å². The first-order valence-corrected chi connectivity index (χ1v) is 10.5. The molecule has 4 rings (SSSR count). The lowest BCUT2D eigenvalue weighted by Crippen LogP contribution is -2.54. The third-order valence-corrected chi connectivity index (χ3v) is 7.02. The van der Waals surface area contributed by atoms with Gasteiger partial charge in [0.25, 0.3) is 0 Å². The summed E-state index contributed by atoms with van der Waals surface area (Å²) in [7, 11) is 0. The van der Waals surface area contributed by atoms with Crippen molar-refractivity contribution in [2.24, 2.45) is 5.92 Å². The van der Waals surface area contributed by atoms with Crippen LogP contribution in [0.5, 0.6) is 0 Å². The number of amides is 1. The molecule has 4 nitrogen and oxygen atoms in total. The van der Waals surface area contributed by atoms with Crippen LogP contribution >= 0.6 is 22.9 Å². The molecule has 0 spiro atoms. The second-order valence-electron chi connectivity index (χ2n) is 7.44. The summed E-state index contributed by atoms with van der Waals surface area (Å²) in [6.07, 6.45) is 5.17. The number of likely N-dealkylation sites (tertiary alicyclic amines) is 1. The van der Waals surface area contributed by atoms with Gasteiger partial charge in [-0.05, 0) is 25.3 Å². The van der Waals surface area contributed by atoms with Crippen LogP contribution in [-0.2, 0) is 11.2 Å². The zero-order valence-corrected chi connectivity index (χ0v) is 16.2. The average molecular weight is 391 g/mol. The van der Waals surface area contributed by atoms with E-state index in [0.29, 0.717) is 31.0 Å². The molecule has 2 fully saturated rings. The minimum Gasteiger partial charge on any atom is -0.389 e. The summed E-state index contributed by atoms with van der Waals surface area (Å²) in [5.41, 5.74) is 1.15. The van der Waals surface area contributed by atoms with Gasteiger partial charge in [-0.3, -0.25) is 4.79 Å². The van der Waals surface area contributed by atoms with Gasteiger partial charge in [0.15, 0.2) is 0 Å². The molecule has 2 aliphatic rings. The molecule has 6 heteroatoms. The molecule has 1 aromatic carbocycles. The van der Waals surface area contributed by atoms with Crippen molar-refractivity contribution in [1.29, 1.82) is 0 Å². The van der Waals surface area contributed by atoms with E-state index >= 15 is 0 Å². The lowest BCUT2D eigenvalue weighted by molar-refractivity contribution is -0.142. The number of carbonyl (C=O) groups is 1. The maximum atomic E-state index is 12.7. The molecule has 26 heavy (non-hydrogen) atoms. The highest BCUT2D eigenvalue weighted by molar-refractivity contribution is 7.13. The van der Waals surface area contributed by atoms with Gasteiger partial charge in [-0.15, -0.1) is 11.3 Å². The smallest absolute Gasteiger partial charge is 0.228 e. The molecule has 1 aromatic heterocycles. The summed E-state index contributed by atoms with van der Waals surface area (Å²) in [4.78, 5) is 19.3. The third kappa shape index (κ3) is 3.53. The Kier molecular flexibility index (Phi) is 5.04. The molecule has 0 unspecified atom stereocenters. The quantitative estimate of drug-likeness (QED) is 0.856. The van der Waals surface area contributed by atoms with Crippen molar-refractivity contribution in [2.75, 3.05) is 13.1 Å². The van der Waals surface area contributed by atoms with E-state index < -0.39 is 5.60 Å². The number of carbonyl (C=O) groups excluding carboxylic acids is 1. The van der Waals surface area contributed by atoms with Crippen molar-refractivity contribution < 1.29 is 9.90 Å². The van der Waals surface area contributed by atoms with Gasteiger partial charge < -0.3 is 10.0 Å². The molecule has 1 aliphatic heterocycles. The van der Waals surface area contributed by atoms with Crippen LogP contribution in [0, 0.1) is 5.92 Å². The summed E-state index contributed by atoms with van der Waals surface area (Å²) in [6.45, 7) is 1.32. The molecule has 0 radical (unpaired) electrons. The first-order chi connectivity index (χ1) is 12.5. The van der Waals surface area contributed by atoms with Crippen molar-refractivity contribution in [3.05, 3.63) is 40.4 Å². The van der Waals surface area contributed by atoms with Gasteiger partial charge in [0, 0.05) is 30.0 Å². The molecule has 1 saturated carbocycles. The Morgan fingerprint density at radius 2 is 2.19 bits per heavy atom. The Hall–Kier alpha value is -1.43. The van der Waals surface area contributed by atoms with Gasteiger partial charge in [-0.1, -0.05) is 42.6 Å². The Morgan fingerprint density at radius 3 is 3.04 bits per heavy atom. The Bertz CT molecular complexity index is 809. The maximum absolute atomic E-state index is 12.7. The first kappa shape index (κ1) is 18.0. The van der Waals surface area contributed by atoms with Crippen molar-refractivity contribution >= 4 is 28.8 Å². The molecule has 2 heterocycles. The number of benzene rings is 1. The van der Waals surface area contributed by atoms with Crippen LogP contribution in [-0.4, -0.2) is 39.6 Å². The Labute approximate surface area is 162 Å². The number of thiazole rings is 1. The van der Waals surface area contributed by atoms with Crippen LogP contribution < -0.4 is 0 Å². The Balaban J connectivity index is 1.42. The number of aliphatic hydroxyl groups is 1. The number of rotatable bonds is 3. The van der Waals surface area contributed by atoms with Crippen LogP contribution in [0.1, 0.15) is 37.8 Å². The number of nitrogens with zero attached hydrogens (tertiary/aromatic N) is 2. The SMILES string of the molecule is O=C(Cc1csc(-c2ccccc2Cl)n1)N1CC[C@@]2(O)CCCC[C@H]2C1. The van der Waals surface area contributed by atoms with Gasteiger partial charge in [-0.2, -0.15) is 0 Å². The largest absolute Gasteiger partial charge is 0.389 e. The van der Waals surface area contributed by atoms with Gasteiger partial charge in [-0.25, -0.2) is 4.98 Å². The molecule has 1 aliphatic carbocycles. The second-order valence-corrected chi connectivity index (χ2v) is 8.70. The maximum Gasteiger partial charge on any atom is 0.228 e. The zero-order chi connectivity index (χ0) is 18.1. The molecule has 0 bridgehead atoms. The van der Waals surface area contributed by atoms with E-state index in [1.807, 2.05) is 34.5 Å². The van der Waals surface area contributed by atoms with Crippen LogP contribution in [0.4, 0.5) is 0 Å².